The molecule has 1 heterocycles. The van der Waals surface area contributed by atoms with Gasteiger partial charge < -0.3 is 20.5 Å². The number of guanidine groups is 1. The van der Waals surface area contributed by atoms with Gasteiger partial charge in [-0.2, -0.15) is 5.10 Å². The number of aliphatic hydroxyl groups is 1. The molecule has 1 unspecified atom stereocenters. The van der Waals surface area contributed by atoms with Crippen LogP contribution < -0.4 is 15.4 Å². The maximum absolute atomic E-state index is 10.6. The topological polar surface area (TPSA) is 83.7 Å². The lowest BCUT2D eigenvalue weighted by Crippen LogP contribution is -2.39. The van der Waals surface area contributed by atoms with Crippen LogP contribution in [0, 0.1) is 0 Å². The Labute approximate surface area is 180 Å². The Balaban J connectivity index is 2.07. The van der Waals surface area contributed by atoms with E-state index in [1.807, 2.05) is 56.8 Å². The molecule has 0 amide bonds. The molecule has 7 heteroatoms. The number of aliphatic imine (C=N–C) groups is 1. The molecule has 1 aromatic heterocycles. The molecule has 2 aromatic rings. The number of rotatable bonds is 10. The summed E-state index contributed by atoms with van der Waals surface area (Å²) in [6.07, 6.45) is 1.24. The number of hydrogen-bond donors (Lipinski definition) is 3. The first-order valence-corrected chi connectivity index (χ1v) is 10.9. The standard InChI is InChI=1S/C23H37N5O2/c1-7-20-19(21(8-2)28(6)27-20)14-25-23(24-9-3)26-15-22(29)17-11-10-12-18(13-17)30-16(4)5/h10-13,16,22,29H,7-9,14-15H2,1-6H3,(H2,24,25,26). The predicted molar refractivity (Wildman–Crippen MR) is 122 cm³/mol. The Hall–Kier alpha value is -2.54. The van der Waals surface area contributed by atoms with Crippen molar-refractivity contribution in [2.75, 3.05) is 13.1 Å². The Morgan fingerprint density at radius 2 is 1.97 bits per heavy atom. The summed E-state index contributed by atoms with van der Waals surface area (Å²) >= 11 is 0. The number of nitrogens with zero attached hydrogens (tertiary/aromatic N) is 3. The largest absolute Gasteiger partial charge is 0.491 e. The van der Waals surface area contributed by atoms with Crippen molar-refractivity contribution in [2.24, 2.45) is 12.0 Å². The lowest BCUT2D eigenvalue weighted by Gasteiger charge is -2.17. The number of benzene rings is 1. The van der Waals surface area contributed by atoms with Crippen molar-refractivity contribution in [3.05, 3.63) is 46.8 Å². The lowest BCUT2D eigenvalue weighted by atomic mass is 10.1. The molecule has 1 atom stereocenters. The van der Waals surface area contributed by atoms with Crippen molar-refractivity contribution in [1.29, 1.82) is 0 Å². The number of nitrogens with one attached hydrogen (secondary N) is 2. The average molecular weight is 416 g/mol. The van der Waals surface area contributed by atoms with E-state index < -0.39 is 6.10 Å². The number of aryl methyl sites for hydroxylation is 2. The third-order valence-corrected chi connectivity index (χ3v) is 4.84. The van der Waals surface area contributed by atoms with Crippen molar-refractivity contribution in [3.8, 4) is 5.75 Å². The number of aromatic nitrogens is 2. The highest BCUT2D eigenvalue weighted by molar-refractivity contribution is 5.79. The fourth-order valence-electron chi connectivity index (χ4n) is 3.45. The third-order valence-electron chi connectivity index (χ3n) is 4.84. The molecule has 0 fully saturated rings. The van der Waals surface area contributed by atoms with E-state index >= 15 is 0 Å². The quantitative estimate of drug-likeness (QED) is 0.410. The Bertz CT molecular complexity index is 829. The summed E-state index contributed by atoms with van der Waals surface area (Å²) in [6.45, 7) is 11.9. The Kier molecular flexibility index (Phi) is 9.17. The zero-order chi connectivity index (χ0) is 22.1. The molecule has 7 nitrogen and oxygen atoms in total. The van der Waals surface area contributed by atoms with Gasteiger partial charge in [-0.05, 0) is 51.3 Å². The van der Waals surface area contributed by atoms with Crippen molar-refractivity contribution in [3.63, 3.8) is 0 Å². The zero-order valence-electron chi connectivity index (χ0n) is 19.2. The van der Waals surface area contributed by atoms with Gasteiger partial charge >= 0.3 is 0 Å². The number of hydrogen-bond acceptors (Lipinski definition) is 4. The second kappa shape index (κ2) is 11.6. The van der Waals surface area contributed by atoms with Gasteiger partial charge in [0.05, 0.1) is 24.4 Å². The number of ether oxygens (including phenoxy) is 1. The smallest absolute Gasteiger partial charge is 0.191 e. The summed E-state index contributed by atoms with van der Waals surface area (Å²) in [6, 6.07) is 7.59. The molecule has 0 aliphatic heterocycles. The van der Waals surface area contributed by atoms with Crippen LogP contribution in [-0.4, -0.2) is 40.0 Å². The van der Waals surface area contributed by atoms with Crippen molar-refractivity contribution >= 4 is 5.96 Å². The molecule has 0 aliphatic rings. The molecule has 2 rings (SSSR count). The lowest BCUT2D eigenvalue weighted by molar-refractivity contribution is 0.179. The molecule has 3 N–H and O–H groups in total. The third kappa shape index (κ3) is 6.49. The van der Waals surface area contributed by atoms with Crippen LogP contribution in [0.4, 0.5) is 0 Å². The maximum atomic E-state index is 10.6. The first-order valence-electron chi connectivity index (χ1n) is 10.9. The van der Waals surface area contributed by atoms with Crippen LogP contribution in [0.2, 0.25) is 0 Å². The minimum absolute atomic E-state index is 0.0940. The van der Waals surface area contributed by atoms with Crippen LogP contribution in [-0.2, 0) is 26.4 Å². The summed E-state index contributed by atoms with van der Waals surface area (Å²) < 4.78 is 7.69. The van der Waals surface area contributed by atoms with E-state index in [9.17, 15) is 5.11 Å². The first kappa shape index (κ1) is 23.7. The molecule has 0 radical (unpaired) electrons. The molecule has 1 aromatic carbocycles. The van der Waals surface area contributed by atoms with Gasteiger partial charge in [-0.3, -0.25) is 4.68 Å². The van der Waals surface area contributed by atoms with Gasteiger partial charge in [-0.15, -0.1) is 0 Å². The summed E-state index contributed by atoms with van der Waals surface area (Å²) in [5.41, 5.74) is 4.31. The predicted octanol–water partition coefficient (Wildman–Crippen LogP) is 3.12. The summed E-state index contributed by atoms with van der Waals surface area (Å²) in [5, 5.41) is 21.8. The van der Waals surface area contributed by atoms with E-state index in [1.165, 1.54) is 11.3 Å². The zero-order valence-corrected chi connectivity index (χ0v) is 19.2. The summed E-state index contributed by atoms with van der Waals surface area (Å²) in [7, 11) is 1.99. The van der Waals surface area contributed by atoms with Gasteiger partial charge in [0.15, 0.2) is 5.96 Å². The van der Waals surface area contributed by atoms with E-state index in [4.69, 9.17) is 9.73 Å². The minimum Gasteiger partial charge on any atom is -0.491 e. The van der Waals surface area contributed by atoms with Crippen LogP contribution in [0.3, 0.4) is 0 Å². The molecular formula is C23H37N5O2. The van der Waals surface area contributed by atoms with Crippen LogP contribution >= 0.6 is 0 Å². The van der Waals surface area contributed by atoms with Crippen molar-refractivity contribution in [2.45, 2.75) is 66.2 Å². The second-order valence-electron chi connectivity index (χ2n) is 7.53. The van der Waals surface area contributed by atoms with E-state index in [2.05, 4.69) is 29.6 Å². The van der Waals surface area contributed by atoms with Crippen molar-refractivity contribution in [1.82, 2.24) is 20.4 Å². The van der Waals surface area contributed by atoms with Gasteiger partial charge in [-0.25, -0.2) is 4.99 Å². The van der Waals surface area contributed by atoms with E-state index in [0.717, 1.165) is 36.4 Å². The van der Waals surface area contributed by atoms with Crippen LogP contribution in [0.1, 0.15) is 63.2 Å². The normalized spacial score (nSPS) is 12.9. The molecule has 0 saturated heterocycles. The molecule has 0 spiro atoms. The van der Waals surface area contributed by atoms with E-state index in [1.54, 1.807) is 0 Å². The van der Waals surface area contributed by atoms with Gasteiger partial charge in [0.1, 0.15) is 5.75 Å². The Morgan fingerprint density at radius 1 is 1.20 bits per heavy atom. The molecule has 0 saturated carbocycles. The Morgan fingerprint density at radius 3 is 2.60 bits per heavy atom. The SMILES string of the molecule is CCNC(=NCc1c(CC)nn(C)c1CC)NCC(O)c1cccc(OC(C)C)c1. The fraction of sp³-hybridized carbons (Fsp3) is 0.565. The highest BCUT2D eigenvalue weighted by Crippen LogP contribution is 2.20. The summed E-state index contributed by atoms with van der Waals surface area (Å²) in [4.78, 5) is 4.74. The molecule has 0 aliphatic carbocycles. The van der Waals surface area contributed by atoms with E-state index in [0.29, 0.717) is 19.0 Å². The van der Waals surface area contributed by atoms with Gasteiger partial charge in [-0.1, -0.05) is 26.0 Å². The molecular weight excluding hydrogens is 378 g/mol. The second-order valence-corrected chi connectivity index (χ2v) is 7.53. The fourth-order valence-corrected chi connectivity index (χ4v) is 3.45. The maximum Gasteiger partial charge on any atom is 0.191 e. The molecule has 0 bridgehead atoms. The monoisotopic (exact) mass is 415 g/mol. The van der Waals surface area contributed by atoms with Crippen LogP contribution in [0.25, 0.3) is 0 Å². The number of aliphatic hydroxyl groups excluding tert-OH is 1. The highest BCUT2D eigenvalue weighted by Gasteiger charge is 2.14. The van der Waals surface area contributed by atoms with Crippen LogP contribution in [0.15, 0.2) is 29.3 Å². The highest BCUT2D eigenvalue weighted by atomic mass is 16.5. The van der Waals surface area contributed by atoms with Gasteiger partial charge in [0, 0.05) is 31.4 Å². The minimum atomic E-state index is -0.666. The molecule has 30 heavy (non-hydrogen) atoms. The average Bonchev–Trinajstić information content (AvgIpc) is 3.03. The molecule has 166 valence electrons. The van der Waals surface area contributed by atoms with E-state index in [-0.39, 0.29) is 6.10 Å². The summed E-state index contributed by atoms with van der Waals surface area (Å²) in [5.74, 6) is 1.44. The van der Waals surface area contributed by atoms with Gasteiger partial charge in [0.2, 0.25) is 0 Å². The van der Waals surface area contributed by atoms with Gasteiger partial charge in [0.25, 0.3) is 0 Å². The van der Waals surface area contributed by atoms with Crippen molar-refractivity contribution < 1.29 is 9.84 Å². The first-order chi connectivity index (χ1) is 14.4. The van der Waals surface area contributed by atoms with Crippen LogP contribution in [0.5, 0.6) is 5.75 Å².